The zero-order valence-corrected chi connectivity index (χ0v) is 9.60. The van der Waals surface area contributed by atoms with Crippen molar-refractivity contribution in [2.45, 2.75) is 13.5 Å². The SMILES string of the molecule is CCn1c(N)ccc1-c1cccc(OC)c1. The fourth-order valence-corrected chi connectivity index (χ4v) is 1.87. The van der Waals surface area contributed by atoms with Crippen molar-refractivity contribution in [3.8, 4) is 17.0 Å². The van der Waals surface area contributed by atoms with Crippen molar-refractivity contribution in [2.75, 3.05) is 12.8 Å². The molecule has 2 aromatic rings. The quantitative estimate of drug-likeness (QED) is 0.857. The van der Waals surface area contributed by atoms with Crippen LogP contribution in [0.4, 0.5) is 5.82 Å². The molecule has 2 rings (SSSR count). The van der Waals surface area contributed by atoms with Crippen LogP contribution in [0.25, 0.3) is 11.3 Å². The highest BCUT2D eigenvalue weighted by Crippen LogP contribution is 2.26. The largest absolute Gasteiger partial charge is 0.497 e. The van der Waals surface area contributed by atoms with Crippen LogP contribution in [0.3, 0.4) is 0 Å². The molecule has 3 nitrogen and oxygen atoms in total. The molecule has 3 heteroatoms. The first-order chi connectivity index (χ1) is 7.76. The Morgan fingerprint density at radius 1 is 1.25 bits per heavy atom. The van der Waals surface area contributed by atoms with Crippen LogP contribution in [0.2, 0.25) is 0 Å². The van der Waals surface area contributed by atoms with Crippen molar-refractivity contribution in [2.24, 2.45) is 0 Å². The van der Waals surface area contributed by atoms with Gasteiger partial charge in [0, 0.05) is 17.8 Å². The molecule has 0 aliphatic rings. The summed E-state index contributed by atoms with van der Waals surface area (Å²) in [4.78, 5) is 0. The molecule has 0 spiro atoms. The van der Waals surface area contributed by atoms with E-state index < -0.39 is 0 Å². The van der Waals surface area contributed by atoms with Crippen molar-refractivity contribution in [1.29, 1.82) is 0 Å². The lowest BCUT2D eigenvalue weighted by Crippen LogP contribution is -2.01. The minimum Gasteiger partial charge on any atom is -0.497 e. The molecular weight excluding hydrogens is 200 g/mol. The number of nitrogen functional groups attached to an aromatic ring is 1. The van der Waals surface area contributed by atoms with Gasteiger partial charge >= 0.3 is 0 Å². The normalized spacial score (nSPS) is 10.4. The number of anilines is 1. The molecule has 0 fully saturated rings. The van der Waals surface area contributed by atoms with Gasteiger partial charge in [-0.05, 0) is 31.2 Å². The van der Waals surface area contributed by atoms with Gasteiger partial charge in [0.15, 0.2) is 0 Å². The Balaban J connectivity index is 2.49. The summed E-state index contributed by atoms with van der Waals surface area (Å²) in [6, 6.07) is 12.0. The fraction of sp³-hybridized carbons (Fsp3) is 0.231. The van der Waals surface area contributed by atoms with Crippen LogP contribution < -0.4 is 10.5 Å². The van der Waals surface area contributed by atoms with Crippen molar-refractivity contribution in [1.82, 2.24) is 4.57 Å². The molecule has 0 aliphatic carbocycles. The van der Waals surface area contributed by atoms with E-state index in [9.17, 15) is 0 Å². The van der Waals surface area contributed by atoms with E-state index >= 15 is 0 Å². The van der Waals surface area contributed by atoms with Gasteiger partial charge in [-0.1, -0.05) is 12.1 Å². The molecule has 1 heterocycles. The fourth-order valence-electron chi connectivity index (χ4n) is 1.87. The van der Waals surface area contributed by atoms with E-state index in [-0.39, 0.29) is 0 Å². The van der Waals surface area contributed by atoms with Crippen LogP contribution in [0.15, 0.2) is 36.4 Å². The summed E-state index contributed by atoms with van der Waals surface area (Å²) in [5.41, 5.74) is 8.14. The Kier molecular flexibility index (Phi) is 2.86. The van der Waals surface area contributed by atoms with Gasteiger partial charge in [-0.2, -0.15) is 0 Å². The maximum atomic E-state index is 5.89. The molecule has 0 saturated heterocycles. The molecule has 0 bridgehead atoms. The number of ether oxygens (including phenoxy) is 1. The Morgan fingerprint density at radius 3 is 2.75 bits per heavy atom. The first-order valence-corrected chi connectivity index (χ1v) is 5.35. The molecule has 0 aliphatic heterocycles. The number of nitrogens with zero attached hydrogens (tertiary/aromatic N) is 1. The van der Waals surface area contributed by atoms with E-state index in [4.69, 9.17) is 10.5 Å². The third-order valence-electron chi connectivity index (χ3n) is 2.70. The molecule has 0 saturated carbocycles. The average molecular weight is 216 g/mol. The second kappa shape index (κ2) is 4.31. The van der Waals surface area contributed by atoms with Gasteiger partial charge < -0.3 is 15.0 Å². The predicted octanol–water partition coefficient (Wildman–Crippen LogP) is 2.77. The molecule has 0 unspecified atom stereocenters. The topological polar surface area (TPSA) is 40.2 Å². The van der Waals surface area contributed by atoms with Crippen LogP contribution in [0.1, 0.15) is 6.92 Å². The number of benzene rings is 1. The number of aromatic nitrogens is 1. The molecule has 2 N–H and O–H groups in total. The van der Waals surface area contributed by atoms with Gasteiger partial charge in [0.25, 0.3) is 0 Å². The third-order valence-corrected chi connectivity index (χ3v) is 2.70. The van der Waals surface area contributed by atoms with Crippen molar-refractivity contribution in [3.05, 3.63) is 36.4 Å². The maximum Gasteiger partial charge on any atom is 0.119 e. The van der Waals surface area contributed by atoms with Gasteiger partial charge in [0.2, 0.25) is 0 Å². The van der Waals surface area contributed by atoms with Crippen LogP contribution in [0.5, 0.6) is 5.75 Å². The smallest absolute Gasteiger partial charge is 0.119 e. The highest BCUT2D eigenvalue weighted by Gasteiger charge is 2.06. The van der Waals surface area contributed by atoms with E-state index in [2.05, 4.69) is 17.6 Å². The molecule has 84 valence electrons. The highest BCUT2D eigenvalue weighted by molar-refractivity contribution is 5.65. The second-order valence-electron chi connectivity index (χ2n) is 3.62. The Hall–Kier alpha value is -1.90. The van der Waals surface area contributed by atoms with Crippen LogP contribution in [-0.4, -0.2) is 11.7 Å². The molecule has 0 radical (unpaired) electrons. The minimum absolute atomic E-state index is 0.792. The molecule has 16 heavy (non-hydrogen) atoms. The summed E-state index contributed by atoms with van der Waals surface area (Å²) in [7, 11) is 1.67. The number of methoxy groups -OCH3 is 1. The Bertz CT molecular complexity index is 488. The van der Waals surface area contributed by atoms with Crippen LogP contribution in [0, 0.1) is 0 Å². The lowest BCUT2D eigenvalue weighted by molar-refractivity contribution is 0.415. The van der Waals surface area contributed by atoms with E-state index in [0.717, 1.165) is 29.4 Å². The average Bonchev–Trinajstić information content (AvgIpc) is 2.70. The van der Waals surface area contributed by atoms with Crippen molar-refractivity contribution >= 4 is 5.82 Å². The predicted molar refractivity (Wildman–Crippen MR) is 66.5 cm³/mol. The molecular formula is C13H16N2O. The van der Waals surface area contributed by atoms with Gasteiger partial charge in [0.05, 0.1) is 7.11 Å². The number of hydrogen-bond acceptors (Lipinski definition) is 2. The van der Waals surface area contributed by atoms with E-state index in [0.29, 0.717) is 0 Å². The van der Waals surface area contributed by atoms with Gasteiger partial charge in [0.1, 0.15) is 11.6 Å². The summed E-state index contributed by atoms with van der Waals surface area (Å²) in [5.74, 6) is 1.65. The molecule has 0 amide bonds. The van der Waals surface area contributed by atoms with Gasteiger partial charge in [-0.3, -0.25) is 0 Å². The van der Waals surface area contributed by atoms with E-state index in [1.807, 2.05) is 30.3 Å². The monoisotopic (exact) mass is 216 g/mol. The molecule has 1 aromatic heterocycles. The summed E-state index contributed by atoms with van der Waals surface area (Å²) in [6.45, 7) is 2.95. The summed E-state index contributed by atoms with van der Waals surface area (Å²) >= 11 is 0. The number of nitrogens with two attached hydrogens (primary N) is 1. The first-order valence-electron chi connectivity index (χ1n) is 5.35. The van der Waals surface area contributed by atoms with Crippen LogP contribution >= 0.6 is 0 Å². The third kappa shape index (κ3) is 1.76. The molecule has 1 aromatic carbocycles. The Labute approximate surface area is 95.5 Å². The summed E-state index contributed by atoms with van der Waals surface area (Å²) in [5, 5.41) is 0. The van der Waals surface area contributed by atoms with Crippen molar-refractivity contribution in [3.63, 3.8) is 0 Å². The van der Waals surface area contributed by atoms with E-state index in [1.165, 1.54) is 0 Å². The van der Waals surface area contributed by atoms with Crippen LogP contribution in [-0.2, 0) is 6.54 Å². The standard InChI is InChI=1S/C13H16N2O/c1-3-15-12(7-8-13(15)14)10-5-4-6-11(9-10)16-2/h4-9H,3,14H2,1-2H3. The summed E-state index contributed by atoms with van der Waals surface area (Å²) < 4.78 is 7.29. The van der Waals surface area contributed by atoms with Gasteiger partial charge in [-0.15, -0.1) is 0 Å². The highest BCUT2D eigenvalue weighted by atomic mass is 16.5. The van der Waals surface area contributed by atoms with Crippen molar-refractivity contribution < 1.29 is 4.74 Å². The lowest BCUT2D eigenvalue weighted by Gasteiger charge is -2.09. The minimum atomic E-state index is 0.792. The number of rotatable bonds is 3. The zero-order valence-electron chi connectivity index (χ0n) is 9.60. The van der Waals surface area contributed by atoms with Gasteiger partial charge in [-0.25, -0.2) is 0 Å². The summed E-state index contributed by atoms with van der Waals surface area (Å²) in [6.07, 6.45) is 0. The zero-order chi connectivity index (χ0) is 11.5. The maximum absolute atomic E-state index is 5.89. The molecule has 0 atom stereocenters. The Morgan fingerprint density at radius 2 is 2.06 bits per heavy atom. The van der Waals surface area contributed by atoms with E-state index in [1.54, 1.807) is 7.11 Å². The first kappa shape index (κ1) is 10.6. The number of hydrogen-bond donors (Lipinski definition) is 1. The second-order valence-corrected chi connectivity index (χ2v) is 3.62. The lowest BCUT2D eigenvalue weighted by atomic mass is 10.1.